The molecule has 2 aliphatic rings. The first-order valence-corrected chi connectivity index (χ1v) is 4.48. The second kappa shape index (κ2) is 2.11. The predicted octanol–water partition coefficient (Wildman–Crippen LogP) is 3.14. The van der Waals surface area contributed by atoms with Crippen molar-refractivity contribution in [1.82, 2.24) is 0 Å². The molecule has 0 aromatic carbocycles. The highest BCUT2D eigenvalue weighted by Gasteiger charge is 2.36. The SMILES string of the molecule is CC1CCC2(C=CCC2)C1. The fourth-order valence-corrected chi connectivity index (χ4v) is 2.60. The van der Waals surface area contributed by atoms with E-state index in [-0.39, 0.29) is 0 Å². The van der Waals surface area contributed by atoms with Gasteiger partial charge < -0.3 is 0 Å². The molecule has 1 saturated carbocycles. The van der Waals surface area contributed by atoms with Crippen molar-refractivity contribution in [2.75, 3.05) is 0 Å². The van der Waals surface area contributed by atoms with Gasteiger partial charge in [0.25, 0.3) is 0 Å². The van der Waals surface area contributed by atoms with E-state index in [0.717, 1.165) is 5.92 Å². The minimum absolute atomic E-state index is 0.680. The smallest absolute Gasteiger partial charge is 0.0113 e. The van der Waals surface area contributed by atoms with Gasteiger partial charge in [0.1, 0.15) is 0 Å². The third-order valence-corrected chi connectivity index (χ3v) is 3.17. The molecule has 1 spiro atoms. The molecule has 0 saturated heterocycles. The van der Waals surface area contributed by atoms with Crippen molar-refractivity contribution >= 4 is 0 Å². The number of rotatable bonds is 0. The standard InChI is InChI=1S/C10H16/c1-9-4-7-10(8-9)5-2-3-6-10/h2,5,9H,3-4,6-8H2,1H3. The topological polar surface area (TPSA) is 0 Å². The van der Waals surface area contributed by atoms with Gasteiger partial charge in [0, 0.05) is 0 Å². The Kier molecular flexibility index (Phi) is 1.36. The van der Waals surface area contributed by atoms with Crippen LogP contribution in [0.1, 0.15) is 39.0 Å². The minimum Gasteiger partial charge on any atom is -0.0879 e. The molecule has 2 unspecified atom stereocenters. The van der Waals surface area contributed by atoms with Crippen molar-refractivity contribution in [3.63, 3.8) is 0 Å². The first kappa shape index (κ1) is 6.45. The summed E-state index contributed by atoms with van der Waals surface area (Å²) in [5.41, 5.74) is 0.680. The fraction of sp³-hybridized carbons (Fsp3) is 0.800. The van der Waals surface area contributed by atoms with Crippen molar-refractivity contribution in [3.05, 3.63) is 12.2 Å². The van der Waals surface area contributed by atoms with E-state index in [9.17, 15) is 0 Å². The van der Waals surface area contributed by atoms with Crippen molar-refractivity contribution < 1.29 is 0 Å². The first-order chi connectivity index (χ1) is 4.81. The molecule has 0 heteroatoms. The van der Waals surface area contributed by atoms with Crippen molar-refractivity contribution in [3.8, 4) is 0 Å². The van der Waals surface area contributed by atoms with Gasteiger partial charge in [0.2, 0.25) is 0 Å². The maximum atomic E-state index is 2.48. The zero-order chi connectivity index (χ0) is 7.03. The van der Waals surface area contributed by atoms with E-state index in [1.165, 1.54) is 32.1 Å². The van der Waals surface area contributed by atoms with Crippen LogP contribution < -0.4 is 0 Å². The van der Waals surface area contributed by atoms with Gasteiger partial charge in [-0.25, -0.2) is 0 Å². The van der Waals surface area contributed by atoms with Gasteiger partial charge in [-0.15, -0.1) is 0 Å². The lowest BCUT2D eigenvalue weighted by atomic mass is 9.85. The summed E-state index contributed by atoms with van der Waals surface area (Å²) in [5.74, 6) is 0.989. The Labute approximate surface area is 63.3 Å². The summed E-state index contributed by atoms with van der Waals surface area (Å²) in [5, 5.41) is 0. The average Bonchev–Trinajstić information content (AvgIpc) is 2.46. The molecule has 0 aromatic heterocycles. The van der Waals surface area contributed by atoms with Gasteiger partial charge in [-0.3, -0.25) is 0 Å². The highest BCUT2D eigenvalue weighted by atomic mass is 14.4. The van der Waals surface area contributed by atoms with E-state index in [0.29, 0.717) is 5.41 Å². The molecule has 56 valence electrons. The van der Waals surface area contributed by atoms with Crippen LogP contribution in [0.5, 0.6) is 0 Å². The molecule has 10 heavy (non-hydrogen) atoms. The Morgan fingerprint density at radius 2 is 2.30 bits per heavy atom. The summed E-state index contributed by atoms with van der Waals surface area (Å²) in [4.78, 5) is 0. The van der Waals surface area contributed by atoms with Crippen LogP contribution in [0.25, 0.3) is 0 Å². The van der Waals surface area contributed by atoms with Gasteiger partial charge in [0.05, 0.1) is 0 Å². The first-order valence-electron chi connectivity index (χ1n) is 4.48. The van der Waals surface area contributed by atoms with E-state index >= 15 is 0 Å². The van der Waals surface area contributed by atoms with Gasteiger partial charge in [-0.05, 0) is 43.4 Å². The van der Waals surface area contributed by atoms with Crippen LogP contribution in [0.4, 0.5) is 0 Å². The number of hydrogen-bond donors (Lipinski definition) is 0. The number of hydrogen-bond acceptors (Lipinski definition) is 0. The molecule has 1 fully saturated rings. The quantitative estimate of drug-likeness (QED) is 0.449. The Morgan fingerprint density at radius 1 is 1.40 bits per heavy atom. The van der Waals surface area contributed by atoms with E-state index in [1.54, 1.807) is 0 Å². The summed E-state index contributed by atoms with van der Waals surface area (Å²) in [6, 6.07) is 0. The summed E-state index contributed by atoms with van der Waals surface area (Å²) in [6.07, 6.45) is 12.0. The van der Waals surface area contributed by atoms with Gasteiger partial charge >= 0.3 is 0 Å². The molecule has 0 heterocycles. The zero-order valence-corrected chi connectivity index (χ0v) is 6.77. The molecular weight excluding hydrogens is 120 g/mol. The molecule has 0 aromatic rings. The Balaban J connectivity index is 2.10. The second-order valence-corrected chi connectivity index (χ2v) is 4.15. The summed E-state index contributed by atoms with van der Waals surface area (Å²) >= 11 is 0. The molecule has 0 radical (unpaired) electrons. The predicted molar refractivity (Wildman–Crippen MR) is 43.8 cm³/mol. The monoisotopic (exact) mass is 136 g/mol. The molecule has 0 bridgehead atoms. The van der Waals surface area contributed by atoms with Crippen LogP contribution in [-0.4, -0.2) is 0 Å². The van der Waals surface area contributed by atoms with Crippen molar-refractivity contribution in [2.45, 2.75) is 39.0 Å². The van der Waals surface area contributed by atoms with E-state index in [1.807, 2.05) is 0 Å². The van der Waals surface area contributed by atoms with Crippen molar-refractivity contribution in [1.29, 1.82) is 0 Å². The summed E-state index contributed by atoms with van der Waals surface area (Å²) in [7, 11) is 0. The normalized spacial score (nSPS) is 45.5. The van der Waals surface area contributed by atoms with Crippen LogP contribution in [0, 0.1) is 11.3 Å². The molecule has 0 aliphatic heterocycles. The van der Waals surface area contributed by atoms with Crippen LogP contribution in [0.3, 0.4) is 0 Å². The highest BCUT2D eigenvalue weighted by molar-refractivity contribution is 5.09. The van der Waals surface area contributed by atoms with Crippen LogP contribution in [0.15, 0.2) is 12.2 Å². The molecule has 0 amide bonds. The van der Waals surface area contributed by atoms with Crippen molar-refractivity contribution in [2.24, 2.45) is 11.3 Å². The molecule has 2 rings (SSSR count). The van der Waals surface area contributed by atoms with Crippen LogP contribution in [-0.2, 0) is 0 Å². The lowest BCUT2D eigenvalue weighted by molar-refractivity contribution is 0.374. The lowest BCUT2D eigenvalue weighted by Gasteiger charge is -2.19. The maximum absolute atomic E-state index is 2.48. The third kappa shape index (κ3) is 0.902. The van der Waals surface area contributed by atoms with E-state index in [2.05, 4.69) is 19.1 Å². The van der Waals surface area contributed by atoms with Gasteiger partial charge in [0.15, 0.2) is 0 Å². The second-order valence-electron chi connectivity index (χ2n) is 4.15. The largest absolute Gasteiger partial charge is 0.0879 e. The fourth-order valence-electron chi connectivity index (χ4n) is 2.60. The Bertz CT molecular complexity index is 157. The maximum Gasteiger partial charge on any atom is -0.0113 e. The zero-order valence-electron chi connectivity index (χ0n) is 6.77. The van der Waals surface area contributed by atoms with Crippen LogP contribution >= 0.6 is 0 Å². The molecule has 0 N–H and O–H groups in total. The average molecular weight is 136 g/mol. The highest BCUT2D eigenvalue weighted by Crippen LogP contribution is 2.48. The number of allylic oxidation sites excluding steroid dienone is 2. The minimum atomic E-state index is 0.680. The Morgan fingerprint density at radius 3 is 2.80 bits per heavy atom. The lowest BCUT2D eigenvalue weighted by Crippen LogP contribution is -2.08. The van der Waals surface area contributed by atoms with Crippen LogP contribution in [0.2, 0.25) is 0 Å². The molecule has 2 aliphatic carbocycles. The summed E-state index contributed by atoms with van der Waals surface area (Å²) in [6.45, 7) is 2.39. The third-order valence-electron chi connectivity index (χ3n) is 3.17. The molecular formula is C10H16. The summed E-state index contributed by atoms with van der Waals surface area (Å²) < 4.78 is 0. The van der Waals surface area contributed by atoms with E-state index < -0.39 is 0 Å². The molecule has 2 atom stereocenters. The Hall–Kier alpha value is -0.260. The van der Waals surface area contributed by atoms with Gasteiger partial charge in [-0.2, -0.15) is 0 Å². The molecule has 0 nitrogen and oxygen atoms in total. The van der Waals surface area contributed by atoms with Gasteiger partial charge in [-0.1, -0.05) is 19.1 Å². The van der Waals surface area contributed by atoms with E-state index in [4.69, 9.17) is 0 Å².